The predicted molar refractivity (Wildman–Crippen MR) is 31.9 cm³/mol. The van der Waals surface area contributed by atoms with Crippen LogP contribution in [-0.4, -0.2) is 12.4 Å². The maximum Gasteiger partial charge on any atom is 0.267 e. The van der Waals surface area contributed by atoms with E-state index in [0.717, 1.165) is 18.7 Å². The van der Waals surface area contributed by atoms with Gasteiger partial charge in [0.1, 0.15) is 0 Å². The van der Waals surface area contributed by atoms with Gasteiger partial charge in [0.15, 0.2) is 0 Å². The fraction of sp³-hybridized carbons (Fsp3) is 0.400. The van der Waals surface area contributed by atoms with Gasteiger partial charge >= 0.3 is 0 Å². The fourth-order valence-corrected chi connectivity index (χ4v) is 0.674. The van der Waals surface area contributed by atoms with Gasteiger partial charge < -0.3 is 29.7 Å². The largest absolute Gasteiger partial charge is 1.00 e. The lowest BCUT2D eigenvalue weighted by Gasteiger charge is -2.00. The SMILES string of the molecule is NC1=CC(N)=[NH+]CC1.[I-]. The van der Waals surface area contributed by atoms with Gasteiger partial charge in [-0.15, -0.1) is 0 Å². The van der Waals surface area contributed by atoms with Crippen molar-refractivity contribution in [2.45, 2.75) is 6.42 Å². The molecule has 0 saturated carbocycles. The van der Waals surface area contributed by atoms with Crippen LogP contribution >= 0.6 is 0 Å². The zero-order valence-corrected chi connectivity index (χ0v) is 7.18. The van der Waals surface area contributed by atoms with Gasteiger partial charge in [-0.05, 0) is 0 Å². The third-order valence-electron chi connectivity index (χ3n) is 1.08. The van der Waals surface area contributed by atoms with Gasteiger partial charge in [-0.2, -0.15) is 0 Å². The first-order chi connectivity index (χ1) is 3.79. The molecule has 0 radical (unpaired) electrons. The van der Waals surface area contributed by atoms with Gasteiger partial charge in [0, 0.05) is 18.2 Å². The van der Waals surface area contributed by atoms with Gasteiger partial charge in [-0.25, -0.2) is 0 Å². The second-order valence-corrected chi connectivity index (χ2v) is 1.85. The lowest BCUT2D eigenvalue weighted by atomic mass is 10.2. The van der Waals surface area contributed by atoms with Crippen LogP contribution in [0.3, 0.4) is 0 Å². The van der Waals surface area contributed by atoms with E-state index in [1.54, 1.807) is 6.08 Å². The van der Waals surface area contributed by atoms with E-state index < -0.39 is 0 Å². The van der Waals surface area contributed by atoms with E-state index in [4.69, 9.17) is 11.5 Å². The van der Waals surface area contributed by atoms with Crippen molar-refractivity contribution in [1.29, 1.82) is 0 Å². The van der Waals surface area contributed by atoms with E-state index in [0.29, 0.717) is 5.84 Å². The molecule has 0 bridgehead atoms. The van der Waals surface area contributed by atoms with Crippen LogP contribution in [0.5, 0.6) is 0 Å². The minimum atomic E-state index is 0. The highest BCUT2D eigenvalue weighted by molar-refractivity contribution is 5.87. The van der Waals surface area contributed by atoms with Crippen molar-refractivity contribution >= 4 is 5.84 Å². The molecular weight excluding hydrogens is 229 g/mol. The number of hydrogen-bond donors (Lipinski definition) is 3. The second-order valence-electron chi connectivity index (χ2n) is 1.85. The second kappa shape index (κ2) is 3.71. The van der Waals surface area contributed by atoms with Crippen LogP contribution in [0.2, 0.25) is 0 Å². The fourth-order valence-electron chi connectivity index (χ4n) is 0.674. The Balaban J connectivity index is 0.000000640. The molecule has 4 heteroatoms. The summed E-state index contributed by atoms with van der Waals surface area (Å²) >= 11 is 0. The predicted octanol–water partition coefficient (Wildman–Crippen LogP) is -5.33. The monoisotopic (exact) mass is 239 g/mol. The van der Waals surface area contributed by atoms with Crippen LogP contribution in [0.1, 0.15) is 6.42 Å². The molecule has 0 aliphatic carbocycles. The van der Waals surface area contributed by atoms with Crippen LogP contribution in [0, 0.1) is 0 Å². The third-order valence-corrected chi connectivity index (χ3v) is 1.08. The van der Waals surface area contributed by atoms with E-state index in [-0.39, 0.29) is 24.0 Å². The van der Waals surface area contributed by atoms with Gasteiger partial charge in [0.2, 0.25) is 0 Å². The van der Waals surface area contributed by atoms with Crippen molar-refractivity contribution in [2.75, 3.05) is 6.54 Å². The van der Waals surface area contributed by atoms with Crippen LogP contribution in [0.15, 0.2) is 11.8 Å². The molecule has 3 nitrogen and oxygen atoms in total. The standard InChI is InChI=1S/C5H9N3.HI/c6-4-1-2-8-5(7)3-4;/h3H,1-2,6H2,(H2,7,8);1H. The van der Waals surface area contributed by atoms with E-state index in [2.05, 4.69) is 4.99 Å². The number of halogens is 1. The van der Waals surface area contributed by atoms with Crippen LogP contribution in [0.25, 0.3) is 0 Å². The molecule has 1 heterocycles. The summed E-state index contributed by atoms with van der Waals surface area (Å²) in [4.78, 5) is 2.95. The molecule has 0 fully saturated rings. The van der Waals surface area contributed by atoms with Crippen LogP contribution < -0.4 is 40.4 Å². The molecule has 0 amide bonds. The smallest absolute Gasteiger partial charge is 0.267 e. The van der Waals surface area contributed by atoms with E-state index in [9.17, 15) is 0 Å². The highest BCUT2D eigenvalue weighted by Crippen LogP contribution is 1.88. The van der Waals surface area contributed by atoms with Crippen LogP contribution in [-0.2, 0) is 0 Å². The molecule has 1 rings (SSSR count). The van der Waals surface area contributed by atoms with Crippen molar-refractivity contribution in [2.24, 2.45) is 11.5 Å². The molecule has 0 spiro atoms. The Kier molecular flexibility index (Phi) is 3.60. The summed E-state index contributed by atoms with van der Waals surface area (Å²) in [5.41, 5.74) is 11.7. The molecule has 52 valence electrons. The van der Waals surface area contributed by atoms with Gasteiger partial charge in [0.05, 0.1) is 6.54 Å². The summed E-state index contributed by atoms with van der Waals surface area (Å²) in [5, 5.41) is 0. The Morgan fingerprint density at radius 1 is 1.44 bits per heavy atom. The Hall–Kier alpha value is -0.260. The lowest BCUT2D eigenvalue weighted by Crippen LogP contribution is -3.00. The Morgan fingerprint density at radius 2 is 2.11 bits per heavy atom. The maximum absolute atomic E-state index is 5.45. The normalized spacial score (nSPS) is 17.3. The quantitative estimate of drug-likeness (QED) is 0.370. The maximum atomic E-state index is 5.45. The summed E-state index contributed by atoms with van der Waals surface area (Å²) < 4.78 is 0. The molecular formula is C5H10IN3. The van der Waals surface area contributed by atoms with Crippen molar-refractivity contribution in [3.63, 3.8) is 0 Å². The Morgan fingerprint density at radius 3 is 2.44 bits per heavy atom. The van der Waals surface area contributed by atoms with Crippen molar-refractivity contribution < 1.29 is 29.0 Å². The third kappa shape index (κ3) is 2.69. The number of amidine groups is 1. The average Bonchev–Trinajstić information content (AvgIpc) is 1.64. The molecule has 0 unspecified atom stereocenters. The topological polar surface area (TPSA) is 66.0 Å². The van der Waals surface area contributed by atoms with Gasteiger partial charge in [-0.3, -0.25) is 10.7 Å². The number of hydrogen-bond acceptors (Lipinski definition) is 2. The molecule has 1 aliphatic rings. The summed E-state index contributed by atoms with van der Waals surface area (Å²) in [6.07, 6.45) is 2.66. The first-order valence-corrected chi connectivity index (χ1v) is 2.61. The Labute approximate surface area is 71.2 Å². The van der Waals surface area contributed by atoms with Crippen molar-refractivity contribution in [3.8, 4) is 0 Å². The van der Waals surface area contributed by atoms with Gasteiger partial charge in [-0.1, -0.05) is 0 Å². The van der Waals surface area contributed by atoms with Crippen LogP contribution in [0.4, 0.5) is 0 Å². The number of rotatable bonds is 0. The molecule has 0 atom stereocenters. The van der Waals surface area contributed by atoms with E-state index in [1.807, 2.05) is 0 Å². The summed E-state index contributed by atoms with van der Waals surface area (Å²) in [7, 11) is 0. The number of nitrogens with one attached hydrogen (secondary N) is 1. The van der Waals surface area contributed by atoms with E-state index >= 15 is 0 Å². The highest BCUT2D eigenvalue weighted by Gasteiger charge is 2.01. The molecule has 0 aromatic rings. The van der Waals surface area contributed by atoms with Crippen molar-refractivity contribution in [1.82, 2.24) is 0 Å². The molecule has 0 saturated heterocycles. The van der Waals surface area contributed by atoms with Crippen molar-refractivity contribution in [3.05, 3.63) is 11.8 Å². The first-order valence-electron chi connectivity index (χ1n) is 2.61. The molecule has 5 N–H and O–H groups in total. The molecule has 1 aliphatic heterocycles. The lowest BCUT2D eigenvalue weighted by molar-refractivity contribution is -0.458. The van der Waals surface area contributed by atoms with Gasteiger partial charge in [0.25, 0.3) is 5.84 Å². The first kappa shape index (κ1) is 8.74. The summed E-state index contributed by atoms with van der Waals surface area (Å²) in [6, 6.07) is 0. The zero-order chi connectivity index (χ0) is 5.98. The summed E-state index contributed by atoms with van der Waals surface area (Å²) in [6.45, 7) is 0.869. The minimum Gasteiger partial charge on any atom is -1.00 e. The molecule has 9 heavy (non-hydrogen) atoms. The summed E-state index contributed by atoms with van der Waals surface area (Å²) in [5.74, 6) is 0.675. The average molecular weight is 239 g/mol. The Bertz CT molecular complexity index is 150. The van der Waals surface area contributed by atoms with E-state index in [1.165, 1.54) is 0 Å². The molecule has 0 aromatic carbocycles. The molecule has 0 aromatic heterocycles. The minimum absolute atomic E-state index is 0. The zero-order valence-electron chi connectivity index (χ0n) is 5.02. The highest BCUT2D eigenvalue weighted by atomic mass is 127. The number of nitrogens with two attached hydrogens (primary N) is 2.